The standard InChI is InChI=1S/C12H15N3O/c16-9-10-6-14(7-10)8-11-5-13-15-4-2-1-3-12(11)15/h1-5,10,16H,6-9H2. The third-order valence-corrected chi connectivity index (χ3v) is 3.19. The minimum Gasteiger partial charge on any atom is -0.396 e. The zero-order chi connectivity index (χ0) is 11.0. The molecule has 2 aromatic heterocycles. The number of likely N-dealkylation sites (tertiary alicyclic amines) is 1. The fourth-order valence-electron chi connectivity index (χ4n) is 2.27. The van der Waals surface area contributed by atoms with Crippen molar-refractivity contribution in [1.29, 1.82) is 0 Å². The number of aromatic nitrogens is 2. The Bertz CT molecular complexity index is 488. The highest BCUT2D eigenvalue weighted by molar-refractivity contribution is 5.53. The molecule has 0 bridgehead atoms. The van der Waals surface area contributed by atoms with Crippen molar-refractivity contribution in [3.05, 3.63) is 36.2 Å². The third-order valence-electron chi connectivity index (χ3n) is 3.19. The molecule has 1 aliphatic rings. The lowest BCUT2D eigenvalue weighted by molar-refractivity contribution is 0.0482. The van der Waals surface area contributed by atoms with Crippen molar-refractivity contribution >= 4 is 5.52 Å². The van der Waals surface area contributed by atoms with E-state index in [1.165, 1.54) is 11.1 Å². The van der Waals surface area contributed by atoms with E-state index in [0.29, 0.717) is 12.5 Å². The molecule has 4 heteroatoms. The van der Waals surface area contributed by atoms with Gasteiger partial charge in [0, 0.05) is 43.9 Å². The molecule has 0 aliphatic carbocycles. The summed E-state index contributed by atoms with van der Waals surface area (Å²) in [6.45, 7) is 3.25. The topological polar surface area (TPSA) is 40.8 Å². The molecule has 1 N–H and O–H groups in total. The molecular weight excluding hydrogens is 202 g/mol. The summed E-state index contributed by atoms with van der Waals surface area (Å²) < 4.78 is 1.90. The van der Waals surface area contributed by atoms with E-state index in [0.717, 1.165) is 19.6 Å². The van der Waals surface area contributed by atoms with Gasteiger partial charge in [-0.3, -0.25) is 4.90 Å². The Morgan fingerprint density at radius 2 is 2.25 bits per heavy atom. The predicted molar refractivity (Wildman–Crippen MR) is 61.0 cm³/mol. The van der Waals surface area contributed by atoms with Crippen LogP contribution in [0.3, 0.4) is 0 Å². The van der Waals surface area contributed by atoms with Gasteiger partial charge in [0.15, 0.2) is 0 Å². The second-order valence-corrected chi connectivity index (χ2v) is 4.44. The number of hydrogen-bond donors (Lipinski definition) is 1. The first-order chi connectivity index (χ1) is 7.86. The van der Waals surface area contributed by atoms with Crippen molar-refractivity contribution in [3.8, 4) is 0 Å². The monoisotopic (exact) mass is 217 g/mol. The first kappa shape index (κ1) is 9.81. The lowest BCUT2D eigenvalue weighted by Gasteiger charge is -2.38. The number of pyridine rings is 1. The van der Waals surface area contributed by atoms with E-state index in [-0.39, 0.29) is 0 Å². The minimum atomic E-state index is 0.311. The molecule has 3 heterocycles. The molecule has 0 amide bonds. The number of rotatable bonds is 3. The van der Waals surface area contributed by atoms with Crippen molar-refractivity contribution in [2.45, 2.75) is 6.54 Å². The van der Waals surface area contributed by atoms with E-state index >= 15 is 0 Å². The average Bonchev–Trinajstić information content (AvgIpc) is 2.66. The summed E-state index contributed by atoms with van der Waals surface area (Å²) in [5.74, 6) is 0.474. The van der Waals surface area contributed by atoms with Crippen molar-refractivity contribution < 1.29 is 5.11 Å². The van der Waals surface area contributed by atoms with Gasteiger partial charge in [-0.2, -0.15) is 5.10 Å². The summed E-state index contributed by atoms with van der Waals surface area (Å²) in [6, 6.07) is 6.11. The molecule has 0 radical (unpaired) electrons. The van der Waals surface area contributed by atoms with Crippen molar-refractivity contribution in [2.24, 2.45) is 5.92 Å². The predicted octanol–water partition coefficient (Wildman–Crippen LogP) is 0.758. The van der Waals surface area contributed by atoms with Gasteiger partial charge in [-0.15, -0.1) is 0 Å². The van der Waals surface area contributed by atoms with Crippen LogP contribution in [0.1, 0.15) is 5.56 Å². The fraction of sp³-hybridized carbons (Fsp3) is 0.417. The SMILES string of the molecule is OCC1CN(Cc2cnn3ccccc23)C1. The van der Waals surface area contributed by atoms with Gasteiger partial charge in [0.25, 0.3) is 0 Å². The molecule has 16 heavy (non-hydrogen) atoms. The van der Waals surface area contributed by atoms with Crippen LogP contribution in [-0.4, -0.2) is 39.3 Å². The molecule has 1 aliphatic heterocycles. The molecule has 84 valence electrons. The molecule has 0 aromatic carbocycles. The van der Waals surface area contributed by atoms with Crippen LogP contribution in [0.25, 0.3) is 5.52 Å². The Morgan fingerprint density at radius 1 is 1.38 bits per heavy atom. The third kappa shape index (κ3) is 1.60. The minimum absolute atomic E-state index is 0.311. The van der Waals surface area contributed by atoms with Gasteiger partial charge in [0.05, 0.1) is 11.7 Å². The summed E-state index contributed by atoms with van der Waals surface area (Å²) in [7, 11) is 0. The maximum absolute atomic E-state index is 8.96. The van der Waals surface area contributed by atoms with Crippen LogP contribution in [0.15, 0.2) is 30.6 Å². The average molecular weight is 217 g/mol. The second kappa shape index (κ2) is 3.88. The van der Waals surface area contributed by atoms with Crippen LogP contribution in [0.5, 0.6) is 0 Å². The lowest BCUT2D eigenvalue weighted by atomic mass is 10.0. The normalized spacial score (nSPS) is 17.8. The van der Waals surface area contributed by atoms with Crippen molar-refractivity contribution in [1.82, 2.24) is 14.5 Å². The van der Waals surface area contributed by atoms with E-state index in [1.54, 1.807) is 0 Å². The van der Waals surface area contributed by atoms with Gasteiger partial charge in [-0.25, -0.2) is 4.52 Å². The molecule has 0 atom stereocenters. The summed E-state index contributed by atoms with van der Waals surface area (Å²) >= 11 is 0. The first-order valence-electron chi connectivity index (χ1n) is 5.61. The van der Waals surface area contributed by atoms with E-state index in [2.05, 4.69) is 16.1 Å². The molecule has 1 fully saturated rings. The Kier molecular flexibility index (Phi) is 2.38. The van der Waals surface area contributed by atoms with E-state index < -0.39 is 0 Å². The highest BCUT2D eigenvalue weighted by Gasteiger charge is 2.26. The van der Waals surface area contributed by atoms with E-state index in [9.17, 15) is 0 Å². The lowest BCUT2D eigenvalue weighted by Crippen LogP contribution is -2.47. The van der Waals surface area contributed by atoms with E-state index in [1.807, 2.05) is 29.0 Å². The van der Waals surface area contributed by atoms with Crippen LogP contribution >= 0.6 is 0 Å². The van der Waals surface area contributed by atoms with Gasteiger partial charge >= 0.3 is 0 Å². The highest BCUT2D eigenvalue weighted by atomic mass is 16.3. The van der Waals surface area contributed by atoms with E-state index in [4.69, 9.17) is 5.11 Å². The van der Waals surface area contributed by atoms with Gasteiger partial charge in [-0.1, -0.05) is 6.07 Å². The first-order valence-corrected chi connectivity index (χ1v) is 5.61. The molecule has 2 aromatic rings. The maximum Gasteiger partial charge on any atom is 0.0706 e. The molecule has 0 spiro atoms. The number of hydrogen-bond acceptors (Lipinski definition) is 3. The number of aliphatic hydroxyl groups is 1. The number of fused-ring (bicyclic) bond motifs is 1. The Labute approximate surface area is 94.1 Å². The molecule has 1 saturated heterocycles. The molecule has 4 nitrogen and oxygen atoms in total. The second-order valence-electron chi connectivity index (χ2n) is 4.44. The largest absolute Gasteiger partial charge is 0.396 e. The Morgan fingerprint density at radius 3 is 3.06 bits per heavy atom. The van der Waals surface area contributed by atoms with Gasteiger partial charge in [-0.05, 0) is 12.1 Å². The summed E-state index contributed by atoms with van der Waals surface area (Å²) in [4.78, 5) is 2.34. The zero-order valence-electron chi connectivity index (χ0n) is 9.08. The molecular formula is C12H15N3O. The molecule has 0 unspecified atom stereocenters. The highest BCUT2D eigenvalue weighted by Crippen LogP contribution is 2.20. The van der Waals surface area contributed by atoms with Crippen LogP contribution < -0.4 is 0 Å². The quantitative estimate of drug-likeness (QED) is 0.825. The Balaban J connectivity index is 1.75. The van der Waals surface area contributed by atoms with Gasteiger partial charge in [0.2, 0.25) is 0 Å². The van der Waals surface area contributed by atoms with Gasteiger partial charge < -0.3 is 5.11 Å². The van der Waals surface area contributed by atoms with Crippen LogP contribution in [0, 0.1) is 5.92 Å². The Hall–Kier alpha value is -1.39. The maximum atomic E-state index is 8.96. The summed E-state index contributed by atoms with van der Waals surface area (Å²) in [5, 5.41) is 13.3. The number of aliphatic hydroxyl groups excluding tert-OH is 1. The molecule has 3 rings (SSSR count). The smallest absolute Gasteiger partial charge is 0.0706 e. The van der Waals surface area contributed by atoms with Crippen molar-refractivity contribution in [3.63, 3.8) is 0 Å². The zero-order valence-corrected chi connectivity index (χ0v) is 9.08. The van der Waals surface area contributed by atoms with Crippen molar-refractivity contribution in [2.75, 3.05) is 19.7 Å². The fourth-order valence-corrected chi connectivity index (χ4v) is 2.27. The van der Waals surface area contributed by atoms with Crippen LogP contribution in [0.2, 0.25) is 0 Å². The number of nitrogens with zero attached hydrogens (tertiary/aromatic N) is 3. The van der Waals surface area contributed by atoms with Crippen LogP contribution in [-0.2, 0) is 6.54 Å². The molecule has 0 saturated carbocycles. The summed E-state index contributed by atoms with van der Waals surface area (Å²) in [6.07, 6.45) is 3.90. The summed E-state index contributed by atoms with van der Waals surface area (Å²) in [5.41, 5.74) is 2.44. The van der Waals surface area contributed by atoms with Gasteiger partial charge in [0.1, 0.15) is 0 Å². The van der Waals surface area contributed by atoms with Crippen LogP contribution in [0.4, 0.5) is 0 Å².